The van der Waals surface area contributed by atoms with Crippen molar-refractivity contribution in [3.8, 4) is 0 Å². The second kappa shape index (κ2) is 2.21. The highest BCUT2D eigenvalue weighted by molar-refractivity contribution is 4.91. The van der Waals surface area contributed by atoms with E-state index in [1.54, 1.807) is 0 Å². The van der Waals surface area contributed by atoms with Gasteiger partial charge in [0.25, 0.3) is 0 Å². The summed E-state index contributed by atoms with van der Waals surface area (Å²) in [4.78, 5) is 0. The minimum absolute atomic E-state index is 0.720. The number of nitrogens with one attached hydrogen (secondary N) is 1. The maximum absolute atomic E-state index is 3.44. The molecule has 0 aromatic heterocycles. The largest absolute Gasteiger partial charge is 0.252 e. The first-order valence-electron chi connectivity index (χ1n) is 4.24. The van der Waals surface area contributed by atoms with Crippen LogP contribution in [0, 0.1) is 11.8 Å². The van der Waals surface area contributed by atoms with Crippen molar-refractivity contribution in [2.24, 2.45) is 11.8 Å². The summed E-state index contributed by atoms with van der Waals surface area (Å²) in [5.74, 6) is 1.98. The molecular weight excluding hydrogens is 124 g/mol. The lowest BCUT2D eigenvalue weighted by atomic mass is 9.69. The molecular formula is C8H16N2. The van der Waals surface area contributed by atoms with Crippen LogP contribution in [-0.2, 0) is 0 Å². The minimum atomic E-state index is 0.720. The van der Waals surface area contributed by atoms with E-state index in [2.05, 4.69) is 24.4 Å². The molecule has 1 aliphatic carbocycles. The molecule has 2 nitrogen and oxygen atoms in total. The van der Waals surface area contributed by atoms with Crippen molar-refractivity contribution in [1.82, 2.24) is 10.4 Å². The molecule has 0 bridgehead atoms. The van der Waals surface area contributed by atoms with E-state index in [9.17, 15) is 0 Å². The van der Waals surface area contributed by atoms with Crippen LogP contribution >= 0.6 is 0 Å². The van der Waals surface area contributed by atoms with Crippen LogP contribution in [0.3, 0.4) is 0 Å². The van der Waals surface area contributed by atoms with Crippen molar-refractivity contribution in [2.45, 2.75) is 25.8 Å². The lowest BCUT2D eigenvalue weighted by Gasteiger charge is -2.48. The lowest BCUT2D eigenvalue weighted by molar-refractivity contribution is -0.00654. The number of nitrogens with zero attached hydrogens (tertiary/aromatic N) is 1. The Bertz CT molecular complexity index is 127. The fraction of sp³-hybridized carbons (Fsp3) is 1.00. The molecule has 0 spiro atoms. The Morgan fingerprint density at radius 1 is 1.40 bits per heavy atom. The van der Waals surface area contributed by atoms with E-state index in [-0.39, 0.29) is 0 Å². The third-order valence-electron chi connectivity index (χ3n) is 3.05. The number of rotatable bonds is 0. The average molecular weight is 140 g/mol. The van der Waals surface area contributed by atoms with E-state index < -0.39 is 0 Å². The molecule has 1 saturated heterocycles. The first-order chi connectivity index (χ1) is 4.77. The van der Waals surface area contributed by atoms with Gasteiger partial charge in [0.15, 0.2) is 0 Å². The molecule has 2 unspecified atom stereocenters. The number of hydrazine groups is 1. The fourth-order valence-electron chi connectivity index (χ4n) is 2.33. The topological polar surface area (TPSA) is 15.3 Å². The van der Waals surface area contributed by atoms with Crippen molar-refractivity contribution in [1.29, 1.82) is 0 Å². The summed E-state index contributed by atoms with van der Waals surface area (Å²) >= 11 is 0. The van der Waals surface area contributed by atoms with Crippen LogP contribution in [0.1, 0.15) is 19.8 Å². The molecule has 3 atom stereocenters. The Balaban J connectivity index is 1.99. The molecule has 58 valence electrons. The zero-order valence-electron chi connectivity index (χ0n) is 6.80. The van der Waals surface area contributed by atoms with Crippen LogP contribution in [0.5, 0.6) is 0 Å². The summed E-state index contributed by atoms with van der Waals surface area (Å²) in [5.41, 5.74) is 3.44. The monoisotopic (exact) mass is 140 g/mol. The summed E-state index contributed by atoms with van der Waals surface area (Å²) in [6.07, 6.45) is 2.91. The van der Waals surface area contributed by atoms with E-state index in [0.717, 1.165) is 17.9 Å². The number of hydrogen-bond donors (Lipinski definition) is 1. The minimum Gasteiger partial charge on any atom is -0.252 e. The molecule has 1 N–H and O–H groups in total. The molecule has 2 heteroatoms. The molecule has 1 heterocycles. The molecule has 2 rings (SSSR count). The smallest absolute Gasteiger partial charge is 0.0218 e. The first kappa shape index (κ1) is 6.62. The van der Waals surface area contributed by atoms with Crippen LogP contribution in [0.4, 0.5) is 0 Å². The van der Waals surface area contributed by atoms with Gasteiger partial charge in [0.05, 0.1) is 0 Å². The Morgan fingerprint density at radius 3 is 2.70 bits per heavy atom. The van der Waals surface area contributed by atoms with Gasteiger partial charge in [-0.25, -0.2) is 5.01 Å². The maximum Gasteiger partial charge on any atom is 0.0218 e. The quantitative estimate of drug-likeness (QED) is 0.536. The van der Waals surface area contributed by atoms with E-state index in [1.165, 1.54) is 19.4 Å². The summed E-state index contributed by atoms with van der Waals surface area (Å²) in [5, 5.41) is 2.24. The van der Waals surface area contributed by atoms with Gasteiger partial charge in [-0.15, -0.1) is 0 Å². The highest BCUT2D eigenvalue weighted by Gasteiger charge is 2.38. The van der Waals surface area contributed by atoms with E-state index in [0.29, 0.717) is 0 Å². The van der Waals surface area contributed by atoms with Crippen LogP contribution in [-0.4, -0.2) is 24.6 Å². The van der Waals surface area contributed by atoms with Gasteiger partial charge in [0.1, 0.15) is 0 Å². The fourth-order valence-corrected chi connectivity index (χ4v) is 2.33. The summed E-state index contributed by atoms with van der Waals surface area (Å²) in [6, 6.07) is 0.720. The van der Waals surface area contributed by atoms with Crippen LogP contribution in [0.2, 0.25) is 0 Å². The second-order valence-corrected chi connectivity index (χ2v) is 3.80. The Labute approximate surface area is 62.6 Å². The van der Waals surface area contributed by atoms with Gasteiger partial charge in [-0.05, 0) is 31.6 Å². The molecule has 1 aliphatic heterocycles. The van der Waals surface area contributed by atoms with E-state index in [4.69, 9.17) is 0 Å². The average Bonchev–Trinajstić information content (AvgIpc) is 1.77. The van der Waals surface area contributed by atoms with Crippen LogP contribution in [0.25, 0.3) is 0 Å². The predicted octanol–water partition coefficient (Wildman–Crippen LogP) is 0.851. The van der Waals surface area contributed by atoms with Crippen molar-refractivity contribution >= 4 is 0 Å². The van der Waals surface area contributed by atoms with Crippen LogP contribution in [0.15, 0.2) is 0 Å². The van der Waals surface area contributed by atoms with E-state index >= 15 is 0 Å². The Hall–Kier alpha value is -0.0800. The zero-order valence-corrected chi connectivity index (χ0v) is 6.80. The van der Waals surface area contributed by atoms with Crippen LogP contribution < -0.4 is 5.43 Å². The molecule has 2 fully saturated rings. The van der Waals surface area contributed by atoms with Crippen molar-refractivity contribution in [3.05, 3.63) is 0 Å². The third-order valence-corrected chi connectivity index (χ3v) is 3.05. The second-order valence-electron chi connectivity index (χ2n) is 3.80. The van der Waals surface area contributed by atoms with Crippen molar-refractivity contribution < 1.29 is 0 Å². The first-order valence-corrected chi connectivity index (χ1v) is 4.24. The molecule has 0 amide bonds. The van der Waals surface area contributed by atoms with Gasteiger partial charge in [-0.1, -0.05) is 0 Å². The summed E-state index contributed by atoms with van der Waals surface area (Å²) in [7, 11) is 2.14. The summed E-state index contributed by atoms with van der Waals surface area (Å²) in [6.45, 7) is 3.56. The maximum atomic E-state index is 3.44. The molecule has 10 heavy (non-hydrogen) atoms. The number of fused-ring (bicyclic) bond motifs is 1. The van der Waals surface area contributed by atoms with Gasteiger partial charge >= 0.3 is 0 Å². The van der Waals surface area contributed by atoms with Gasteiger partial charge in [0, 0.05) is 19.6 Å². The number of hydrogen-bond acceptors (Lipinski definition) is 2. The molecule has 1 saturated carbocycles. The van der Waals surface area contributed by atoms with Gasteiger partial charge in [0.2, 0.25) is 0 Å². The molecule has 0 radical (unpaired) electrons. The molecule has 0 aromatic carbocycles. The Morgan fingerprint density at radius 2 is 2.20 bits per heavy atom. The van der Waals surface area contributed by atoms with E-state index in [1.807, 2.05) is 0 Å². The zero-order chi connectivity index (χ0) is 7.14. The van der Waals surface area contributed by atoms with Gasteiger partial charge in [-0.3, -0.25) is 5.43 Å². The Kier molecular flexibility index (Phi) is 1.46. The summed E-state index contributed by atoms with van der Waals surface area (Å²) < 4.78 is 0. The van der Waals surface area contributed by atoms with Gasteiger partial charge in [-0.2, -0.15) is 0 Å². The van der Waals surface area contributed by atoms with Crippen molar-refractivity contribution in [2.75, 3.05) is 13.6 Å². The third kappa shape index (κ3) is 0.867. The SMILES string of the molecule is C[C@H]1NN(C)CC2CCC21. The molecule has 0 aromatic rings. The lowest BCUT2D eigenvalue weighted by Crippen LogP contribution is -2.58. The standard InChI is InChI=1S/C8H16N2/c1-6-8-4-3-7(8)5-10(2)9-6/h6-9H,3-5H2,1-2H3/t6-,7?,8?/m1/s1. The highest BCUT2D eigenvalue weighted by atomic mass is 15.5. The van der Waals surface area contributed by atoms with Gasteiger partial charge < -0.3 is 0 Å². The highest BCUT2D eigenvalue weighted by Crippen LogP contribution is 2.39. The predicted molar refractivity (Wildman–Crippen MR) is 41.4 cm³/mol. The molecule has 2 aliphatic rings. The normalized spacial score (nSPS) is 48.0. The van der Waals surface area contributed by atoms with Crippen molar-refractivity contribution in [3.63, 3.8) is 0 Å².